The molecule has 0 bridgehead atoms. The SMILES string of the molecule is COC(=O)c1c(C#N)cc([N+](=O)[O-])nc1C(F)F. The van der Waals surface area contributed by atoms with E-state index in [0.717, 1.165) is 7.11 Å². The normalized spacial score (nSPS) is 9.94. The van der Waals surface area contributed by atoms with E-state index in [1.54, 1.807) is 0 Å². The highest BCUT2D eigenvalue weighted by Crippen LogP contribution is 2.27. The minimum Gasteiger partial charge on any atom is -0.465 e. The average Bonchev–Trinajstić information content (AvgIpc) is 2.35. The topological polar surface area (TPSA) is 106 Å². The summed E-state index contributed by atoms with van der Waals surface area (Å²) in [4.78, 5) is 23.8. The van der Waals surface area contributed by atoms with E-state index in [-0.39, 0.29) is 0 Å². The number of ether oxygens (including phenoxy) is 1. The van der Waals surface area contributed by atoms with Gasteiger partial charge in [0.15, 0.2) is 0 Å². The number of esters is 1. The number of nitro groups is 1. The monoisotopic (exact) mass is 257 g/mol. The molecule has 0 unspecified atom stereocenters. The lowest BCUT2D eigenvalue weighted by Crippen LogP contribution is -2.12. The molecule has 1 heterocycles. The van der Waals surface area contributed by atoms with Crippen LogP contribution in [-0.2, 0) is 4.74 Å². The van der Waals surface area contributed by atoms with Crippen molar-refractivity contribution in [1.29, 1.82) is 5.26 Å². The lowest BCUT2D eigenvalue weighted by Gasteiger charge is -2.05. The van der Waals surface area contributed by atoms with E-state index < -0.39 is 40.0 Å². The first-order valence-corrected chi connectivity index (χ1v) is 4.38. The zero-order valence-corrected chi connectivity index (χ0v) is 8.89. The first kappa shape index (κ1) is 13.4. The van der Waals surface area contributed by atoms with Crippen molar-refractivity contribution in [3.05, 3.63) is 33.0 Å². The van der Waals surface area contributed by atoms with Crippen LogP contribution in [0.5, 0.6) is 0 Å². The van der Waals surface area contributed by atoms with Crippen LogP contribution in [0, 0.1) is 21.4 Å². The summed E-state index contributed by atoms with van der Waals surface area (Å²) >= 11 is 0. The van der Waals surface area contributed by atoms with E-state index in [9.17, 15) is 23.7 Å². The molecule has 0 N–H and O–H groups in total. The number of alkyl halides is 2. The molecule has 0 amide bonds. The molecule has 0 saturated heterocycles. The number of rotatable bonds is 3. The summed E-state index contributed by atoms with van der Waals surface area (Å²) < 4.78 is 29.6. The number of hydrogen-bond acceptors (Lipinski definition) is 6. The fourth-order valence-electron chi connectivity index (χ4n) is 1.21. The smallest absolute Gasteiger partial charge is 0.365 e. The third-order valence-electron chi connectivity index (χ3n) is 1.94. The first-order valence-electron chi connectivity index (χ1n) is 4.38. The van der Waals surface area contributed by atoms with Gasteiger partial charge in [0.25, 0.3) is 0 Å². The predicted molar refractivity (Wildman–Crippen MR) is 51.9 cm³/mol. The van der Waals surface area contributed by atoms with Crippen molar-refractivity contribution in [2.24, 2.45) is 0 Å². The van der Waals surface area contributed by atoms with Crippen molar-refractivity contribution in [2.45, 2.75) is 6.43 Å². The van der Waals surface area contributed by atoms with Gasteiger partial charge >= 0.3 is 18.2 Å². The van der Waals surface area contributed by atoms with Gasteiger partial charge in [-0.3, -0.25) is 0 Å². The quantitative estimate of drug-likeness (QED) is 0.462. The molecule has 1 aromatic heterocycles. The summed E-state index contributed by atoms with van der Waals surface area (Å²) in [6, 6.07) is 2.06. The van der Waals surface area contributed by atoms with Crippen LogP contribution in [0.25, 0.3) is 0 Å². The van der Waals surface area contributed by atoms with E-state index in [1.807, 2.05) is 0 Å². The second-order valence-electron chi connectivity index (χ2n) is 2.95. The Balaban J connectivity index is 3.63. The highest BCUT2D eigenvalue weighted by molar-refractivity contribution is 5.93. The Morgan fingerprint density at radius 2 is 2.28 bits per heavy atom. The second kappa shape index (κ2) is 5.13. The van der Waals surface area contributed by atoms with E-state index >= 15 is 0 Å². The maximum absolute atomic E-state index is 12.7. The molecule has 1 aromatic rings. The number of carbonyl (C=O) groups excluding carboxylic acids is 1. The number of carbonyl (C=O) groups is 1. The van der Waals surface area contributed by atoms with Crippen molar-refractivity contribution in [3.8, 4) is 6.07 Å². The van der Waals surface area contributed by atoms with Crippen molar-refractivity contribution in [1.82, 2.24) is 4.98 Å². The maximum Gasteiger partial charge on any atom is 0.365 e. The predicted octanol–water partition coefficient (Wildman–Crippen LogP) is 1.59. The van der Waals surface area contributed by atoms with Gasteiger partial charge in [-0.15, -0.1) is 0 Å². The molecule has 0 radical (unpaired) electrons. The molecule has 9 heteroatoms. The molecular weight excluding hydrogens is 252 g/mol. The Kier molecular flexibility index (Phi) is 3.83. The van der Waals surface area contributed by atoms with Gasteiger partial charge in [0.05, 0.1) is 18.7 Å². The molecule has 94 valence electrons. The van der Waals surface area contributed by atoms with Crippen molar-refractivity contribution in [2.75, 3.05) is 7.11 Å². The number of aromatic nitrogens is 1. The molecule has 0 fully saturated rings. The number of halogens is 2. The van der Waals surface area contributed by atoms with Crippen LogP contribution in [0.3, 0.4) is 0 Å². The summed E-state index contributed by atoms with van der Waals surface area (Å²) in [6.07, 6.45) is -3.24. The first-order chi connectivity index (χ1) is 8.42. The van der Waals surface area contributed by atoms with Crippen molar-refractivity contribution < 1.29 is 23.2 Å². The van der Waals surface area contributed by atoms with Gasteiger partial charge in [-0.1, -0.05) is 0 Å². The molecule has 0 atom stereocenters. The highest BCUT2D eigenvalue weighted by Gasteiger charge is 2.31. The standard InChI is InChI=1S/C9H5F2N3O4/c1-18-9(15)6-4(3-12)2-5(14(16)17)13-7(6)8(10)11/h2,8H,1H3. The average molecular weight is 257 g/mol. The molecule has 1 rings (SSSR count). The maximum atomic E-state index is 12.7. The number of nitriles is 1. The Morgan fingerprint density at radius 1 is 1.67 bits per heavy atom. The Morgan fingerprint density at radius 3 is 2.67 bits per heavy atom. The van der Waals surface area contributed by atoms with Gasteiger partial charge in [0.2, 0.25) is 5.69 Å². The van der Waals surface area contributed by atoms with Gasteiger partial charge in [-0.25, -0.2) is 13.6 Å². The highest BCUT2D eigenvalue weighted by atomic mass is 19.3. The minimum absolute atomic E-state index is 0.584. The van der Waals surface area contributed by atoms with Crippen LogP contribution in [0.15, 0.2) is 6.07 Å². The Labute approximate surface area is 98.8 Å². The molecule has 0 aliphatic carbocycles. The fraction of sp³-hybridized carbons (Fsp3) is 0.222. The van der Waals surface area contributed by atoms with E-state index in [4.69, 9.17) is 5.26 Å². The lowest BCUT2D eigenvalue weighted by atomic mass is 10.1. The molecule has 7 nitrogen and oxygen atoms in total. The molecule has 0 spiro atoms. The van der Waals surface area contributed by atoms with Crippen LogP contribution in [-0.4, -0.2) is 23.0 Å². The van der Waals surface area contributed by atoms with E-state index in [2.05, 4.69) is 9.72 Å². The van der Waals surface area contributed by atoms with Crippen LogP contribution in [0.1, 0.15) is 28.0 Å². The molecule has 18 heavy (non-hydrogen) atoms. The summed E-state index contributed by atoms with van der Waals surface area (Å²) in [5.74, 6) is -2.14. The van der Waals surface area contributed by atoms with Gasteiger partial charge in [-0.2, -0.15) is 5.26 Å². The van der Waals surface area contributed by atoms with E-state index in [0.29, 0.717) is 6.07 Å². The van der Waals surface area contributed by atoms with Gasteiger partial charge < -0.3 is 14.9 Å². The van der Waals surface area contributed by atoms with Crippen molar-refractivity contribution in [3.63, 3.8) is 0 Å². The fourth-order valence-corrected chi connectivity index (χ4v) is 1.21. The summed E-state index contributed by atoms with van der Waals surface area (Å²) in [6.45, 7) is 0. The number of pyridine rings is 1. The number of hydrogen-bond donors (Lipinski definition) is 0. The van der Waals surface area contributed by atoms with Gasteiger partial charge in [-0.05, 0) is 9.91 Å². The van der Waals surface area contributed by atoms with Crippen LogP contribution in [0.4, 0.5) is 14.6 Å². The molecule has 0 aliphatic heterocycles. The zero-order chi connectivity index (χ0) is 13.9. The Bertz CT molecular complexity index is 553. The minimum atomic E-state index is -3.24. The van der Waals surface area contributed by atoms with Crippen LogP contribution >= 0.6 is 0 Å². The van der Waals surface area contributed by atoms with Crippen LogP contribution in [0.2, 0.25) is 0 Å². The molecular formula is C9H5F2N3O4. The summed E-state index contributed by atoms with van der Waals surface area (Å²) in [7, 11) is 0.931. The van der Waals surface area contributed by atoms with Gasteiger partial charge in [0, 0.05) is 0 Å². The van der Waals surface area contributed by atoms with E-state index in [1.165, 1.54) is 6.07 Å². The lowest BCUT2D eigenvalue weighted by molar-refractivity contribution is -0.389. The number of methoxy groups -OCH3 is 1. The van der Waals surface area contributed by atoms with Gasteiger partial charge in [0.1, 0.15) is 11.6 Å². The molecule has 0 aliphatic rings. The second-order valence-corrected chi connectivity index (χ2v) is 2.95. The Hall–Kier alpha value is -2.63. The van der Waals surface area contributed by atoms with Crippen molar-refractivity contribution >= 4 is 11.8 Å². The molecule has 0 saturated carbocycles. The molecule has 0 aromatic carbocycles. The zero-order valence-electron chi connectivity index (χ0n) is 8.89. The largest absolute Gasteiger partial charge is 0.465 e. The summed E-state index contributed by atoms with van der Waals surface area (Å²) in [5, 5.41) is 19.2. The summed E-state index contributed by atoms with van der Waals surface area (Å²) in [5.41, 5.74) is -2.49. The third kappa shape index (κ3) is 2.37. The van der Waals surface area contributed by atoms with Crippen LogP contribution < -0.4 is 0 Å². The number of nitrogens with zero attached hydrogens (tertiary/aromatic N) is 3. The third-order valence-corrected chi connectivity index (χ3v) is 1.94.